The van der Waals surface area contributed by atoms with Crippen LogP contribution < -0.4 is 21.7 Å². The number of likely N-dealkylation sites (tertiary alicyclic amines) is 1. The second-order valence-corrected chi connectivity index (χ2v) is 16.3. The molecular weight excluding hydrogens is 661 g/mol. The van der Waals surface area contributed by atoms with E-state index < -0.39 is 80.8 Å². The van der Waals surface area contributed by atoms with Crippen LogP contribution in [0.25, 0.3) is 0 Å². The van der Waals surface area contributed by atoms with Gasteiger partial charge in [-0.05, 0) is 36.2 Å². The molecule has 1 aromatic carbocycles. The van der Waals surface area contributed by atoms with Gasteiger partial charge in [0.15, 0.2) is 0 Å². The predicted octanol–water partition coefficient (Wildman–Crippen LogP) is 3.12. The van der Waals surface area contributed by atoms with E-state index in [-0.39, 0.29) is 25.5 Å². The van der Waals surface area contributed by atoms with Crippen molar-refractivity contribution in [2.45, 2.75) is 107 Å². The lowest BCUT2D eigenvalue weighted by Crippen LogP contribution is -2.64. The Labute approximate surface area is 290 Å². The number of ketones is 1. The SMILES string of the molecule is CC(C)(C)[C@H](NC(=O)NC1(C(=O)OCc2ccccc2)CCCCC1)C(=O)N1C[C@H]2[C@@H]([C@H]1C(=O)NC(CC1CC1)C(=O)C(N)=O)C2(Cl)Cl. The van der Waals surface area contributed by atoms with Gasteiger partial charge in [0.1, 0.15) is 28.6 Å². The lowest BCUT2D eigenvalue weighted by molar-refractivity contribution is -0.154. The molecular formula is C34H45Cl2N5O7. The summed E-state index contributed by atoms with van der Waals surface area (Å²) in [5.74, 6) is -4.66. The molecule has 5 N–H and O–H groups in total. The minimum atomic E-state index is -1.26. The van der Waals surface area contributed by atoms with Crippen LogP contribution >= 0.6 is 23.2 Å². The third-order valence-corrected chi connectivity index (χ3v) is 11.1. The molecule has 4 aliphatic rings. The zero-order chi connectivity index (χ0) is 35.0. The van der Waals surface area contributed by atoms with Gasteiger partial charge in [-0.2, -0.15) is 0 Å². The fourth-order valence-corrected chi connectivity index (χ4v) is 7.90. The number of benzene rings is 1. The van der Waals surface area contributed by atoms with Crippen LogP contribution in [0, 0.1) is 23.2 Å². The molecule has 0 bridgehead atoms. The number of rotatable bonds is 12. The largest absolute Gasteiger partial charge is 0.459 e. The van der Waals surface area contributed by atoms with Crippen LogP contribution in [0.3, 0.4) is 0 Å². The molecule has 0 aromatic heterocycles. The van der Waals surface area contributed by atoms with Gasteiger partial charge in [-0.1, -0.05) is 83.2 Å². The number of fused-ring (bicyclic) bond motifs is 1. The highest BCUT2D eigenvalue weighted by atomic mass is 35.5. The average Bonchev–Trinajstić information content (AvgIpc) is 3.89. The molecule has 0 spiro atoms. The quantitative estimate of drug-likeness (QED) is 0.147. The summed E-state index contributed by atoms with van der Waals surface area (Å²) < 4.78 is 4.41. The Morgan fingerprint density at radius 1 is 1.00 bits per heavy atom. The van der Waals surface area contributed by atoms with E-state index in [1.54, 1.807) is 20.8 Å². The highest BCUT2D eigenvalue weighted by molar-refractivity contribution is 6.51. The number of nitrogens with two attached hydrogens (primary N) is 1. The number of piperidine rings is 1. The summed E-state index contributed by atoms with van der Waals surface area (Å²) in [5, 5.41) is 8.30. The predicted molar refractivity (Wildman–Crippen MR) is 177 cm³/mol. The van der Waals surface area contributed by atoms with Crippen molar-refractivity contribution in [2.24, 2.45) is 28.9 Å². The molecule has 4 fully saturated rings. The first-order valence-electron chi connectivity index (χ1n) is 16.7. The Bertz CT molecular complexity index is 1440. The zero-order valence-corrected chi connectivity index (χ0v) is 29.1. The number of carbonyl (C=O) groups is 6. The van der Waals surface area contributed by atoms with Crippen molar-refractivity contribution in [2.75, 3.05) is 6.54 Å². The Hall–Kier alpha value is -3.38. The maximum atomic E-state index is 14.3. The molecule has 1 saturated heterocycles. The van der Waals surface area contributed by atoms with E-state index in [2.05, 4.69) is 16.0 Å². The van der Waals surface area contributed by atoms with E-state index >= 15 is 0 Å². The van der Waals surface area contributed by atoms with Crippen molar-refractivity contribution >= 4 is 58.7 Å². The molecule has 48 heavy (non-hydrogen) atoms. The number of Topliss-reactive ketones (excluding diaryl/α,β-unsaturated/α-hetero) is 1. The number of hydrogen-bond donors (Lipinski definition) is 4. The molecule has 3 saturated carbocycles. The van der Waals surface area contributed by atoms with Crippen LogP contribution in [0.4, 0.5) is 4.79 Å². The molecule has 3 aliphatic carbocycles. The maximum absolute atomic E-state index is 14.3. The van der Waals surface area contributed by atoms with E-state index in [9.17, 15) is 28.8 Å². The first kappa shape index (κ1) is 35.9. The Balaban J connectivity index is 1.31. The van der Waals surface area contributed by atoms with Crippen LogP contribution in [-0.2, 0) is 35.3 Å². The van der Waals surface area contributed by atoms with Gasteiger partial charge in [0.25, 0.3) is 5.91 Å². The van der Waals surface area contributed by atoms with Crippen LogP contribution in [0.15, 0.2) is 30.3 Å². The third kappa shape index (κ3) is 7.75. The van der Waals surface area contributed by atoms with Crippen LogP contribution in [0.2, 0.25) is 0 Å². The normalized spacial score (nSPS) is 25.1. The molecule has 1 unspecified atom stereocenters. The molecule has 14 heteroatoms. The average molecular weight is 707 g/mol. The summed E-state index contributed by atoms with van der Waals surface area (Å²) >= 11 is 13.0. The number of ether oxygens (including phenoxy) is 1. The highest BCUT2D eigenvalue weighted by Crippen LogP contribution is 2.65. The first-order chi connectivity index (χ1) is 22.5. The summed E-state index contributed by atoms with van der Waals surface area (Å²) in [6, 6.07) is 5.13. The lowest BCUT2D eigenvalue weighted by Gasteiger charge is -2.39. The van der Waals surface area contributed by atoms with Crippen LogP contribution in [0.1, 0.15) is 77.7 Å². The molecule has 1 aromatic rings. The molecule has 5 rings (SSSR count). The van der Waals surface area contributed by atoms with E-state index in [4.69, 9.17) is 33.7 Å². The van der Waals surface area contributed by atoms with Crippen LogP contribution in [-0.4, -0.2) is 74.9 Å². The number of carbonyl (C=O) groups excluding carboxylic acids is 6. The van der Waals surface area contributed by atoms with Crippen molar-refractivity contribution in [3.8, 4) is 0 Å². The van der Waals surface area contributed by atoms with Gasteiger partial charge >= 0.3 is 12.0 Å². The smallest absolute Gasteiger partial charge is 0.332 e. The molecule has 1 aliphatic heterocycles. The minimum absolute atomic E-state index is 0.0528. The number of urea groups is 1. The Morgan fingerprint density at radius 3 is 2.23 bits per heavy atom. The van der Waals surface area contributed by atoms with E-state index in [1.165, 1.54) is 4.90 Å². The van der Waals surface area contributed by atoms with Gasteiger partial charge in [0.2, 0.25) is 17.6 Å². The number of primary amides is 1. The van der Waals surface area contributed by atoms with Crippen molar-refractivity contribution in [3.05, 3.63) is 35.9 Å². The number of nitrogens with one attached hydrogen (secondary N) is 3. The molecule has 12 nitrogen and oxygen atoms in total. The number of amides is 5. The standard InChI is InChI=1S/C34H45Cl2N5O7/c1-32(2,3)26(39-31(47)40-33(14-8-5-9-15-33)30(46)48-18-20-10-6-4-7-11-20)29(45)41-17-21-23(34(21,35)36)24(41)28(44)38-22(16-19-12-13-19)25(42)27(37)43/h4,6-7,10-11,19,21-24,26H,5,8-9,12-18H2,1-3H3,(H2,37,43)(H,38,44)(H2,39,40,47)/t21-,22?,23-,24-,26+/m0/s1. The molecule has 1 heterocycles. The summed E-state index contributed by atoms with van der Waals surface area (Å²) in [6.07, 6.45) is 5.13. The van der Waals surface area contributed by atoms with E-state index in [1.807, 2.05) is 30.3 Å². The minimum Gasteiger partial charge on any atom is -0.459 e. The number of esters is 1. The van der Waals surface area contributed by atoms with Gasteiger partial charge in [0, 0.05) is 18.4 Å². The number of alkyl halides is 2. The van der Waals surface area contributed by atoms with E-state index in [0.29, 0.717) is 25.7 Å². The first-order valence-corrected chi connectivity index (χ1v) is 17.4. The second-order valence-electron chi connectivity index (χ2n) is 14.8. The van der Waals surface area contributed by atoms with Gasteiger partial charge in [-0.25, -0.2) is 9.59 Å². The third-order valence-electron chi connectivity index (χ3n) is 10.1. The number of hydrogen-bond acceptors (Lipinski definition) is 7. The summed E-state index contributed by atoms with van der Waals surface area (Å²) in [4.78, 5) is 80.9. The summed E-state index contributed by atoms with van der Waals surface area (Å²) in [5.41, 5.74) is 3.99. The molecule has 262 valence electrons. The monoisotopic (exact) mass is 705 g/mol. The zero-order valence-electron chi connectivity index (χ0n) is 27.6. The van der Waals surface area contributed by atoms with Crippen molar-refractivity contribution < 1.29 is 33.5 Å². The Kier molecular flexibility index (Phi) is 10.4. The summed E-state index contributed by atoms with van der Waals surface area (Å²) in [7, 11) is 0. The lowest BCUT2D eigenvalue weighted by atomic mass is 9.81. The van der Waals surface area contributed by atoms with Gasteiger partial charge in [-0.3, -0.25) is 19.2 Å². The van der Waals surface area contributed by atoms with Crippen LogP contribution in [0.5, 0.6) is 0 Å². The van der Waals surface area contributed by atoms with Gasteiger partial charge in [-0.15, -0.1) is 23.2 Å². The Morgan fingerprint density at radius 2 is 1.65 bits per heavy atom. The second kappa shape index (κ2) is 13.9. The van der Waals surface area contributed by atoms with Gasteiger partial charge in [0.05, 0.1) is 6.04 Å². The number of halogens is 2. The number of nitrogens with zero attached hydrogens (tertiary/aromatic N) is 1. The fraction of sp³-hybridized carbons (Fsp3) is 0.647. The van der Waals surface area contributed by atoms with Gasteiger partial charge < -0.3 is 31.3 Å². The van der Waals surface area contributed by atoms with E-state index in [0.717, 1.165) is 24.8 Å². The molecule has 0 radical (unpaired) electrons. The fourth-order valence-electron chi connectivity index (χ4n) is 7.08. The molecule has 5 amide bonds. The maximum Gasteiger partial charge on any atom is 0.332 e. The highest BCUT2D eigenvalue weighted by Gasteiger charge is 2.74. The van der Waals surface area contributed by atoms with Crippen molar-refractivity contribution in [1.29, 1.82) is 0 Å². The summed E-state index contributed by atoms with van der Waals surface area (Å²) in [6.45, 7) is 5.44. The topological polar surface area (TPSA) is 177 Å². The van der Waals surface area contributed by atoms with Crippen molar-refractivity contribution in [3.63, 3.8) is 0 Å². The molecule has 5 atom stereocenters. The van der Waals surface area contributed by atoms with Crippen molar-refractivity contribution in [1.82, 2.24) is 20.9 Å².